The van der Waals surface area contributed by atoms with E-state index in [1.165, 1.54) is 25.8 Å². The molecule has 1 aromatic carbocycles. The maximum atomic E-state index is 13.8. The highest BCUT2D eigenvalue weighted by Gasteiger charge is 2.37. The van der Waals surface area contributed by atoms with Crippen molar-refractivity contribution < 1.29 is 22.7 Å². The van der Waals surface area contributed by atoms with E-state index in [2.05, 4.69) is 30.8 Å². The van der Waals surface area contributed by atoms with Gasteiger partial charge in [0.05, 0.1) is 12.1 Å². The number of ether oxygens (including phenoxy) is 1. The third kappa shape index (κ3) is 6.76. The fourth-order valence-electron chi connectivity index (χ4n) is 5.82. The molecule has 0 unspecified atom stereocenters. The number of anilines is 1. The van der Waals surface area contributed by atoms with Crippen LogP contribution in [0.4, 0.5) is 18.9 Å². The number of H-pyrrole nitrogens is 1. The van der Waals surface area contributed by atoms with Gasteiger partial charge >= 0.3 is 6.18 Å². The van der Waals surface area contributed by atoms with Crippen molar-refractivity contribution in [2.45, 2.75) is 88.9 Å². The highest BCUT2D eigenvalue weighted by molar-refractivity contribution is 5.90. The lowest BCUT2D eigenvalue weighted by Crippen LogP contribution is -2.33. The summed E-state index contributed by atoms with van der Waals surface area (Å²) in [6.07, 6.45) is 4.50. The molecule has 0 atom stereocenters. The molecule has 2 fully saturated rings. The first-order valence-electron chi connectivity index (χ1n) is 13.5. The second-order valence-corrected chi connectivity index (χ2v) is 10.4. The van der Waals surface area contributed by atoms with E-state index in [0.717, 1.165) is 24.6 Å². The summed E-state index contributed by atoms with van der Waals surface area (Å²) in [4.78, 5) is 20.4. The average Bonchev–Trinajstić information content (AvgIpc) is 3.60. The van der Waals surface area contributed by atoms with Gasteiger partial charge in [0.15, 0.2) is 0 Å². The van der Waals surface area contributed by atoms with Gasteiger partial charge in [-0.15, -0.1) is 5.10 Å². The molecule has 3 N–H and O–H groups in total. The molecule has 1 amide bonds. The van der Waals surface area contributed by atoms with Crippen molar-refractivity contribution >= 4 is 11.6 Å². The van der Waals surface area contributed by atoms with Gasteiger partial charge < -0.3 is 15.4 Å². The molecule has 0 bridgehead atoms. The first-order valence-corrected chi connectivity index (χ1v) is 13.5. The first-order chi connectivity index (χ1) is 18.8. The number of alkyl halides is 3. The summed E-state index contributed by atoms with van der Waals surface area (Å²) >= 11 is 0. The number of aromatic nitrogens is 4. The molecule has 0 aliphatic heterocycles. The Kier molecular flexibility index (Phi) is 8.15. The number of hydrogen-bond acceptors (Lipinski definition) is 6. The zero-order chi connectivity index (χ0) is 27.4. The Morgan fingerprint density at radius 3 is 2.54 bits per heavy atom. The predicted molar refractivity (Wildman–Crippen MR) is 139 cm³/mol. The standard InChI is InChI=1S/C28H33F3N6O2/c1-17(38)34-22-8-4-7-21(28(29,30)31)27(22)19-9-11-20(12-10-19)33-16-24-32-14-13-25(35-24)39-26-15-23(36-37-26)18-5-2-3-6-18/h4,7-8,13-15,18-20,33H,2-3,5-6,9-12,16H2,1H3,(H,34,38)(H,36,37). The molecule has 2 heterocycles. The number of hydrogen-bond donors (Lipinski definition) is 3. The van der Waals surface area contributed by atoms with E-state index in [9.17, 15) is 18.0 Å². The van der Waals surface area contributed by atoms with E-state index < -0.39 is 17.6 Å². The van der Waals surface area contributed by atoms with Crippen molar-refractivity contribution in [1.82, 2.24) is 25.5 Å². The fourth-order valence-corrected chi connectivity index (χ4v) is 5.82. The maximum absolute atomic E-state index is 13.8. The number of nitrogens with zero attached hydrogens (tertiary/aromatic N) is 3. The van der Waals surface area contributed by atoms with Gasteiger partial charge in [-0.25, -0.2) is 4.98 Å². The van der Waals surface area contributed by atoms with Crippen LogP contribution in [0.1, 0.15) is 92.8 Å². The number of amides is 1. The Morgan fingerprint density at radius 1 is 1.05 bits per heavy atom. The predicted octanol–water partition coefficient (Wildman–Crippen LogP) is 6.44. The molecule has 5 rings (SSSR count). The van der Waals surface area contributed by atoms with Crippen molar-refractivity contribution in [2.24, 2.45) is 0 Å². The summed E-state index contributed by atoms with van der Waals surface area (Å²) in [5, 5.41) is 13.4. The summed E-state index contributed by atoms with van der Waals surface area (Å²) in [5.41, 5.74) is 0.839. The first kappa shape index (κ1) is 27.1. The van der Waals surface area contributed by atoms with Crippen molar-refractivity contribution in [3.8, 4) is 11.8 Å². The van der Waals surface area contributed by atoms with E-state index in [1.54, 1.807) is 18.3 Å². The number of carbonyl (C=O) groups excluding carboxylic acids is 1. The van der Waals surface area contributed by atoms with E-state index in [0.29, 0.717) is 55.7 Å². The SMILES string of the molecule is CC(=O)Nc1cccc(C(F)(F)F)c1C1CCC(NCc2nccc(Oc3cc(C4CCCC4)[nH]n3)n2)CC1. The summed E-state index contributed by atoms with van der Waals surface area (Å²) in [6, 6.07) is 7.71. The van der Waals surface area contributed by atoms with E-state index >= 15 is 0 Å². The van der Waals surface area contributed by atoms with Crippen LogP contribution < -0.4 is 15.4 Å². The molecule has 2 aliphatic rings. The number of halogens is 3. The summed E-state index contributed by atoms with van der Waals surface area (Å²) < 4.78 is 47.2. The molecule has 39 heavy (non-hydrogen) atoms. The minimum absolute atomic E-state index is 0.122. The Labute approximate surface area is 225 Å². The van der Waals surface area contributed by atoms with Crippen LogP contribution in [0.2, 0.25) is 0 Å². The zero-order valence-corrected chi connectivity index (χ0v) is 21.9. The number of carbonyl (C=O) groups is 1. The second-order valence-electron chi connectivity index (χ2n) is 10.4. The van der Waals surface area contributed by atoms with Crippen LogP contribution in [0.15, 0.2) is 36.5 Å². The smallest absolute Gasteiger partial charge is 0.416 e. The molecule has 0 saturated heterocycles. The molecule has 208 valence electrons. The van der Waals surface area contributed by atoms with Gasteiger partial charge in [-0.05, 0) is 62.1 Å². The van der Waals surface area contributed by atoms with Gasteiger partial charge in [-0.3, -0.25) is 9.89 Å². The maximum Gasteiger partial charge on any atom is 0.416 e. The molecule has 11 heteroatoms. The monoisotopic (exact) mass is 542 g/mol. The molecular weight excluding hydrogens is 509 g/mol. The number of benzene rings is 1. The summed E-state index contributed by atoms with van der Waals surface area (Å²) in [7, 11) is 0. The summed E-state index contributed by atoms with van der Waals surface area (Å²) in [6.45, 7) is 1.71. The molecule has 2 aromatic heterocycles. The van der Waals surface area contributed by atoms with Crippen LogP contribution in [0.5, 0.6) is 11.8 Å². The lowest BCUT2D eigenvalue weighted by Gasteiger charge is -2.32. The van der Waals surface area contributed by atoms with Crippen molar-refractivity contribution in [1.29, 1.82) is 0 Å². The number of nitrogens with one attached hydrogen (secondary N) is 3. The Hall–Kier alpha value is -3.47. The van der Waals surface area contributed by atoms with E-state index in [1.807, 2.05) is 6.07 Å². The van der Waals surface area contributed by atoms with Gasteiger partial charge in [0, 0.05) is 48.6 Å². The molecule has 0 spiro atoms. The normalized spacial score (nSPS) is 20.2. The molecule has 8 nitrogen and oxygen atoms in total. The molecule has 0 radical (unpaired) electrons. The topological polar surface area (TPSA) is 105 Å². The Balaban J connectivity index is 1.17. The minimum atomic E-state index is -4.49. The van der Waals surface area contributed by atoms with Gasteiger partial charge in [-0.2, -0.15) is 18.2 Å². The fraction of sp³-hybridized carbons (Fsp3) is 0.500. The third-order valence-corrected chi connectivity index (χ3v) is 7.66. The van der Waals surface area contributed by atoms with E-state index in [-0.39, 0.29) is 23.2 Å². The Morgan fingerprint density at radius 2 is 1.82 bits per heavy atom. The number of aromatic amines is 1. The third-order valence-electron chi connectivity index (χ3n) is 7.66. The van der Waals surface area contributed by atoms with Crippen LogP contribution >= 0.6 is 0 Å². The van der Waals surface area contributed by atoms with Crippen LogP contribution in [0, 0.1) is 0 Å². The largest absolute Gasteiger partial charge is 0.419 e. The lowest BCUT2D eigenvalue weighted by molar-refractivity contribution is -0.138. The highest BCUT2D eigenvalue weighted by Crippen LogP contribution is 2.44. The zero-order valence-electron chi connectivity index (χ0n) is 21.9. The second kappa shape index (κ2) is 11.7. The summed E-state index contributed by atoms with van der Waals surface area (Å²) in [5.74, 6) is 1.28. The molecule has 2 aliphatic carbocycles. The van der Waals surface area contributed by atoms with Gasteiger partial charge in [0.2, 0.25) is 17.7 Å². The Bertz CT molecular complexity index is 1280. The average molecular weight is 543 g/mol. The van der Waals surface area contributed by atoms with Crippen LogP contribution in [0.25, 0.3) is 0 Å². The van der Waals surface area contributed by atoms with Gasteiger partial charge in [-0.1, -0.05) is 18.9 Å². The van der Waals surface area contributed by atoms with Crippen molar-refractivity contribution in [2.75, 3.05) is 5.32 Å². The van der Waals surface area contributed by atoms with Crippen LogP contribution in [0.3, 0.4) is 0 Å². The van der Waals surface area contributed by atoms with Crippen LogP contribution in [-0.2, 0) is 17.5 Å². The van der Waals surface area contributed by atoms with Crippen molar-refractivity contribution in [3.63, 3.8) is 0 Å². The quantitative estimate of drug-likeness (QED) is 0.303. The number of rotatable bonds is 8. The van der Waals surface area contributed by atoms with Gasteiger partial charge in [0.1, 0.15) is 5.82 Å². The lowest BCUT2D eigenvalue weighted by atomic mass is 9.79. The molecule has 3 aromatic rings. The molecular formula is C28H33F3N6O2. The highest BCUT2D eigenvalue weighted by atomic mass is 19.4. The van der Waals surface area contributed by atoms with Crippen molar-refractivity contribution in [3.05, 3.63) is 59.2 Å². The minimum Gasteiger partial charge on any atom is -0.419 e. The van der Waals surface area contributed by atoms with Gasteiger partial charge in [0.25, 0.3) is 0 Å². The van der Waals surface area contributed by atoms with Crippen LogP contribution in [-0.4, -0.2) is 32.1 Å². The molecule has 2 saturated carbocycles. The van der Waals surface area contributed by atoms with E-state index in [4.69, 9.17) is 4.74 Å².